The molecular weight excluding hydrogens is 358 g/mol. The van der Waals surface area contributed by atoms with Gasteiger partial charge >= 0.3 is 0 Å². The molecule has 0 N–H and O–H groups in total. The average Bonchev–Trinajstić information content (AvgIpc) is 3.09. The molecule has 4 nitrogen and oxygen atoms in total. The van der Waals surface area contributed by atoms with Gasteiger partial charge in [0, 0.05) is 31.0 Å². The van der Waals surface area contributed by atoms with Crippen LogP contribution in [0, 0.1) is 5.92 Å². The second-order valence-corrected chi connectivity index (χ2v) is 9.74. The minimum absolute atomic E-state index is 0.00849. The number of sulfonamides is 1. The Balaban J connectivity index is 1.75. The second-order valence-electron chi connectivity index (χ2n) is 7.88. The van der Waals surface area contributed by atoms with Crippen LogP contribution >= 0.6 is 0 Å². The molecule has 2 heterocycles. The van der Waals surface area contributed by atoms with E-state index < -0.39 is 10.0 Å². The van der Waals surface area contributed by atoms with Crippen molar-refractivity contribution in [2.75, 3.05) is 19.8 Å². The third-order valence-electron chi connectivity index (χ3n) is 5.98. The van der Waals surface area contributed by atoms with Crippen LogP contribution in [0.5, 0.6) is 0 Å². The molecule has 0 spiro atoms. The minimum atomic E-state index is -3.55. The predicted octanol–water partition coefficient (Wildman–Crippen LogP) is 4.00. The van der Waals surface area contributed by atoms with E-state index >= 15 is 0 Å². The van der Waals surface area contributed by atoms with E-state index in [2.05, 4.69) is 12.1 Å². The van der Waals surface area contributed by atoms with Crippen LogP contribution in [0.15, 0.2) is 59.5 Å². The van der Waals surface area contributed by atoms with Crippen molar-refractivity contribution in [3.05, 3.63) is 65.7 Å². The maximum Gasteiger partial charge on any atom is 0.243 e. The van der Waals surface area contributed by atoms with Gasteiger partial charge in [-0.25, -0.2) is 8.42 Å². The summed E-state index contributed by atoms with van der Waals surface area (Å²) in [4.78, 5) is 0.457. The van der Waals surface area contributed by atoms with Crippen molar-refractivity contribution >= 4 is 10.0 Å². The highest BCUT2D eigenvalue weighted by Gasteiger charge is 2.49. The van der Waals surface area contributed by atoms with E-state index in [1.54, 1.807) is 10.4 Å². The Kier molecular flexibility index (Phi) is 5.10. The van der Waals surface area contributed by atoms with Gasteiger partial charge in [-0.2, -0.15) is 4.31 Å². The third kappa shape index (κ3) is 3.33. The predicted molar refractivity (Wildman–Crippen MR) is 106 cm³/mol. The van der Waals surface area contributed by atoms with E-state index in [0.29, 0.717) is 24.7 Å². The molecule has 0 radical (unpaired) electrons. The summed E-state index contributed by atoms with van der Waals surface area (Å²) in [5, 5.41) is 0. The monoisotopic (exact) mass is 385 g/mol. The maximum atomic E-state index is 13.7. The van der Waals surface area contributed by atoms with Gasteiger partial charge in [-0.15, -0.1) is 0 Å². The number of ether oxygens (including phenoxy) is 1. The first-order valence-corrected chi connectivity index (χ1v) is 11.2. The van der Waals surface area contributed by atoms with Crippen LogP contribution in [-0.4, -0.2) is 38.5 Å². The van der Waals surface area contributed by atoms with E-state index in [1.165, 1.54) is 5.56 Å². The number of hydrogen-bond donors (Lipinski definition) is 0. The lowest BCUT2D eigenvalue weighted by molar-refractivity contribution is 0.0323. The van der Waals surface area contributed by atoms with Crippen molar-refractivity contribution in [3.8, 4) is 0 Å². The molecule has 3 unspecified atom stereocenters. The first-order valence-electron chi connectivity index (χ1n) is 9.73. The fraction of sp³-hybridized carbons (Fsp3) is 0.455. The Labute approximate surface area is 162 Å². The summed E-state index contributed by atoms with van der Waals surface area (Å²) in [5.41, 5.74) is 2.09. The van der Waals surface area contributed by atoms with Gasteiger partial charge in [0.2, 0.25) is 10.0 Å². The molecule has 2 aliphatic rings. The topological polar surface area (TPSA) is 46.6 Å². The highest BCUT2D eigenvalue weighted by atomic mass is 32.2. The van der Waals surface area contributed by atoms with Crippen molar-refractivity contribution < 1.29 is 13.2 Å². The van der Waals surface area contributed by atoms with Gasteiger partial charge in [0.25, 0.3) is 0 Å². The molecule has 2 saturated heterocycles. The summed E-state index contributed by atoms with van der Waals surface area (Å²) in [6.07, 6.45) is 0.761. The number of nitrogens with zero attached hydrogens (tertiary/aromatic N) is 1. The van der Waals surface area contributed by atoms with Crippen molar-refractivity contribution in [2.24, 2.45) is 5.92 Å². The van der Waals surface area contributed by atoms with E-state index in [4.69, 9.17) is 4.74 Å². The molecule has 2 fully saturated rings. The Morgan fingerprint density at radius 2 is 1.74 bits per heavy atom. The van der Waals surface area contributed by atoms with E-state index in [-0.39, 0.29) is 23.8 Å². The summed E-state index contributed by atoms with van der Waals surface area (Å²) in [6, 6.07) is 17.7. The molecule has 5 heteroatoms. The normalized spacial score (nSPS) is 26.3. The summed E-state index contributed by atoms with van der Waals surface area (Å²) in [5.74, 6) is 0.550. The maximum absolute atomic E-state index is 13.7. The molecule has 0 saturated carbocycles. The molecule has 2 aromatic rings. The van der Waals surface area contributed by atoms with Crippen LogP contribution in [0.25, 0.3) is 0 Å². The lowest BCUT2D eigenvalue weighted by Crippen LogP contribution is -2.42. The summed E-state index contributed by atoms with van der Waals surface area (Å²) in [7, 11) is -3.55. The number of hydrogen-bond acceptors (Lipinski definition) is 3. The molecule has 144 valence electrons. The SMILES string of the molecule is CC(C)c1ccccc1S(=O)(=O)N1CC(c2ccccc2)C2COCCC21. The lowest BCUT2D eigenvalue weighted by atomic mass is 9.84. The van der Waals surface area contributed by atoms with Crippen LogP contribution in [0.1, 0.15) is 43.2 Å². The van der Waals surface area contributed by atoms with E-state index in [0.717, 1.165) is 12.0 Å². The zero-order valence-corrected chi connectivity index (χ0v) is 16.7. The Hall–Kier alpha value is -1.69. The first kappa shape index (κ1) is 18.7. The molecule has 27 heavy (non-hydrogen) atoms. The van der Waals surface area contributed by atoms with Crippen molar-refractivity contribution in [2.45, 2.75) is 43.0 Å². The zero-order chi connectivity index (χ0) is 19.0. The minimum Gasteiger partial charge on any atom is -0.381 e. The molecule has 0 aromatic heterocycles. The summed E-state index contributed by atoms with van der Waals surface area (Å²) < 4.78 is 34.9. The van der Waals surface area contributed by atoms with Crippen molar-refractivity contribution in [3.63, 3.8) is 0 Å². The third-order valence-corrected chi connectivity index (χ3v) is 7.95. The van der Waals surface area contributed by atoms with E-state index in [9.17, 15) is 8.42 Å². The fourth-order valence-electron chi connectivity index (χ4n) is 4.60. The lowest BCUT2D eigenvalue weighted by Gasteiger charge is -2.32. The van der Waals surface area contributed by atoms with Gasteiger partial charge in [-0.3, -0.25) is 0 Å². The quantitative estimate of drug-likeness (QED) is 0.799. The van der Waals surface area contributed by atoms with Gasteiger partial charge < -0.3 is 4.74 Å². The molecule has 4 rings (SSSR count). The standard InChI is InChI=1S/C22H27NO3S/c1-16(2)18-10-6-7-11-22(18)27(24,25)23-14-19(17-8-4-3-5-9-17)20-15-26-13-12-21(20)23/h3-11,16,19-21H,12-15H2,1-2H3. The summed E-state index contributed by atoms with van der Waals surface area (Å²) >= 11 is 0. The molecule has 0 amide bonds. The fourth-order valence-corrected chi connectivity index (χ4v) is 6.68. The zero-order valence-electron chi connectivity index (χ0n) is 15.9. The molecular formula is C22H27NO3S. The average molecular weight is 386 g/mol. The van der Waals surface area contributed by atoms with Crippen LogP contribution < -0.4 is 0 Å². The number of benzene rings is 2. The van der Waals surface area contributed by atoms with Crippen molar-refractivity contribution in [1.82, 2.24) is 4.31 Å². The van der Waals surface area contributed by atoms with Gasteiger partial charge in [0.05, 0.1) is 11.5 Å². The Morgan fingerprint density at radius 1 is 1.04 bits per heavy atom. The number of rotatable bonds is 4. The highest BCUT2D eigenvalue weighted by Crippen LogP contribution is 2.44. The van der Waals surface area contributed by atoms with Crippen LogP contribution in [0.4, 0.5) is 0 Å². The second kappa shape index (κ2) is 7.38. The largest absolute Gasteiger partial charge is 0.381 e. The van der Waals surface area contributed by atoms with E-state index in [1.807, 2.05) is 50.2 Å². The number of fused-ring (bicyclic) bond motifs is 1. The summed E-state index contributed by atoms with van der Waals surface area (Å²) in [6.45, 7) is 5.87. The first-order chi connectivity index (χ1) is 13.0. The smallest absolute Gasteiger partial charge is 0.243 e. The molecule has 2 aliphatic heterocycles. The Bertz CT molecular complexity index is 895. The molecule has 0 bridgehead atoms. The molecule has 3 atom stereocenters. The molecule has 2 aromatic carbocycles. The van der Waals surface area contributed by atoms with Crippen molar-refractivity contribution in [1.29, 1.82) is 0 Å². The molecule has 0 aliphatic carbocycles. The van der Waals surface area contributed by atoms with Gasteiger partial charge in [0.15, 0.2) is 0 Å². The van der Waals surface area contributed by atoms with Crippen LogP contribution in [-0.2, 0) is 14.8 Å². The van der Waals surface area contributed by atoms with Crippen LogP contribution in [0.3, 0.4) is 0 Å². The van der Waals surface area contributed by atoms with Crippen LogP contribution in [0.2, 0.25) is 0 Å². The van der Waals surface area contributed by atoms with Gasteiger partial charge in [0.1, 0.15) is 0 Å². The van der Waals surface area contributed by atoms with Gasteiger partial charge in [-0.1, -0.05) is 62.4 Å². The highest BCUT2D eigenvalue weighted by molar-refractivity contribution is 7.89. The Morgan fingerprint density at radius 3 is 2.48 bits per heavy atom. The van der Waals surface area contributed by atoms with Gasteiger partial charge in [-0.05, 0) is 29.5 Å².